The number of likely N-dealkylation sites (tertiary alicyclic amines) is 1. The van der Waals surface area contributed by atoms with Crippen LogP contribution in [0.4, 0.5) is 0 Å². The Morgan fingerprint density at radius 1 is 1.00 bits per heavy atom. The molecule has 3 aliphatic heterocycles. The van der Waals surface area contributed by atoms with Gasteiger partial charge in [-0.25, -0.2) is 5.01 Å². The van der Waals surface area contributed by atoms with Crippen LogP contribution in [0.25, 0.3) is 10.9 Å². The minimum Gasteiger partial charge on any atom is -0.489 e. The van der Waals surface area contributed by atoms with Crippen molar-refractivity contribution < 1.29 is 19.1 Å². The minimum absolute atomic E-state index is 0.0352. The highest BCUT2D eigenvalue weighted by Gasteiger charge is 2.39. The van der Waals surface area contributed by atoms with Crippen LogP contribution in [-0.2, 0) is 22.7 Å². The summed E-state index contributed by atoms with van der Waals surface area (Å²) < 4.78 is 6.24. The third kappa shape index (κ3) is 4.14. The Bertz CT molecular complexity index is 1320. The topological polar surface area (TPSA) is 83.1 Å². The van der Waals surface area contributed by atoms with Crippen LogP contribution in [-0.4, -0.2) is 56.8 Å². The predicted octanol–water partition coefficient (Wildman–Crippen LogP) is 3.30. The molecule has 0 radical (unpaired) electrons. The van der Waals surface area contributed by atoms with Crippen LogP contribution < -0.4 is 4.74 Å². The number of imide groups is 1. The molecule has 3 aromatic rings. The molecule has 0 saturated carbocycles. The van der Waals surface area contributed by atoms with Crippen molar-refractivity contribution >= 4 is 28.6 Å². The maximum Gasteiger partial charge on any atom is 0.273 e. The third-order valence-corrected chi connectivity index (χ3v) is 6.97. The zero-order valence-corrected chi connectivity index (χ0v) is 19.4. The molecule has 0 aliphatic carbocycles. The van der Waals surface area contributed by atoms with Gasteiger partial charge in [0.2, 0.25) is 11.8 Å². The second-order valence-electron chi connectivity index (χ2n) is 9.43. The summed E-state index contributed by atoms with van der Waals surface area (Å²) in [6.45, 7) is 2.82. The average molecular weight is 471 g/mol. The van der Waals surface area contributed by atoms with Gasteiger partial charge in [0.25, 0.3) is 5.91 Å². The van der Waals surface area contributed by atoms with Gasteiger partial charge in [-0.15, -0.1) is 0 Å². The number of hydrogen-bond donors (Lipinski definition) is 0. The number of amides is 3. The molecule has 35 heavy (non-hydrogen) atoms. The Kier molecular flexibility index (Phi) is 5.45. The molecule has 0 spiro atoms. The molecule has 6 rings (SSSR count). The number of aromatic nitrogens is 1. The van der Waals surface area contributed by atoms with Crippen molar-refractivity contribution in [3.8, 4) is 5.75 Å². The lowest BCUT2D eigenvalue weighted by Gasteiger charge is -2.32. The first-order valence-corrected chi connectivity index (χ1v) is 12.1. The lowest BCUT2D eigenvalue weighted by atomic mass is 10.1. The van der Waals surface area contributed by atoms with Gasteiger partial charge in [-0.2, -0.15) is 5.01 Å². The summed E-state index contributed by atoms with van der Waals surface area (Å²) in [6, 6.07) is 15.9. The maximum atomic E-state index is 13.0. The molecule has 3 aliphatic rings. The van der Waals surface area contributed by atoms with E-state index < -0.39 is 0 Å². The van der Waals surface area contributed by atoms with Crippen molar-refractivity contribution in [3.05, 3.63) is 71.4 Å². The molecular weight excluding hydrogens is 444 g/mol. The SMILES string of the molecule is O=C1c2cc(O[C@H]3CCN(Cc4ccc5ncccc5c4)C3)ccc2CN1N1C(=O)CCCC1=O. The first-order valence-electron chi connectivity index (χ1n) is 12.1. The number of benzene rings is 2. The molecule has 2 aromatic carbocycles. The largest absolute Gasteiger partial charge is 0.489 e. The van der Waals surface area contributed by atoms with Crippen LogP contribution in [0.5, 0.6) is 5.75 Å². The second kappa shape index (κ2) is 8.78. The summed E-state index contributed by atoms with van der Waals surface area (Å²) in [6.07, 6.45) is 3.86. The first kappa shape index (κ1) is 21.7. The van der Waals surface area contributed by atoms with Gasteiger partial charge in [0.05, 0.1) is 17.6 Å². The van der Waals surface area contributed by atoms with Crippen molar-refractivity contribution in [2.75, 3.05) is 13.1 Å². The number of carbonyl (C=O) groups excluding carboxylic acids is 3. The van der Waals surface area contributed by atoms with E-state index in [-0.39, 0.29) is 43.2 Å². The van der Waals surface area contributed by atoms with E-state index >= 15 is 0 Å². The fourth-order valence-electron chi connectivity index (χ4n) is 5.22. The van der Waals surface area contributed by atoms with E-state index in [0.717, 1.165) is 47.5 Å². The molecule has 8 heteroatoms. The van der Waals surface area contributed by atoms with E-state index in [1.165, 1.54) is 10.6 Å². The van der Waals surface area contributed by atoms with Gasteiger partial charge >= 0.3 is 0 Å². The number of piperidine rings is 1. The standard InChI is InChI=1S/C27H26N4O4/c32-25-4-1-5-26(33)31(25)30-16-20-7-8-21(14-23(20)27(30)34)35-22-10-12-29(17-22)15-18-6-9-24-19(13-18)3-2-11-28-24/h2-3,6-9,11,13-14,22H,1,4-5,10,12,15-17H2/t22-/m0/s1. The molecule has 0 bridgehead atoms. The molecule has 8 nitrogen and oxygen atoms in total. The number of carbonyl (C=O) groups is 3. The Morgan fingerprint density at radius 3 is 2.71 bits per heavy atom. The van der Waals surface area contributed by atoms with Gasteiger partial charge in [-0.05, 0) is 54.3 Å². The summed E-state index contributed by atoms with van der Waals surface area (Å²) in [5.41, 5.74) is 3.54. The highest BCUT2D eigenvalue weighted by atomic mass is 16.5. The molecule has 178 valence electrons. The molecule has 3 amide bonds. The molecule has 0 unspecified atom stereocenters. The maximum absolute atomic E-state index is 13.0. The molecule has 4 heterocycles. The normalized spacial score (nSPS) is 20.7. The number of rotatable bonds is 5. The summed E-state index contributed by atoms with van der Waals surface area (Å²) in [4.78, 5) is 44.4. The summed E-state index contributed by atoms with van der Waals surface area (Å²) in [5.74, 6) is -0.313. The Hall–Kier alpha value is -3.78. The number of fused-ring (bicyclic) bond motifs is 2. The molecule has 2 fully saturated rings. The molecule has 2 saturated heterocycles. The highest BCUT2D eigenvalue weighted by molar-refractivity contribution is 6.04. The number of hydrazine groups is 1. The molecule has 0 N–H and O–H groups in total. The van der Waals surface area contributed by atoms with Gasteiger partial charge < -0.3 is 4.74 Å². The highest BCUT2D eigenvalue weighted by Crippen LogP contribution is 2.31. The van der Waals surface area contributed by atoms with Crippen molar-refractivity contribution in [2.24, 2.45) is 0 Å². The average Bonchev–Trinajstić information content (AvgIpc) is 3.43. The summed E-state index contributed by atoms with van der Waals surface area (Å²) >= 11 is 0. The van der Waals surface area contributed by atoms with Crippen molar-refractivity contribution in [3.63, 3.8) is 0 Å². The van der Waals surface area contributed by atoms with Gasteiger partial charge in [-0.3, -0.25) is 24.3 Å². The molecular formula is C27H26N4O4. The monoisotopic (exact) mass is 470 g/mol. The smallest absolute Gasteiger partial charge is 0.273 e. The first-order chi connectivity index (χ1) is 17.0. The van der Waals surface area contributed by atoms with Crippen molar-refractivity contribution in [1.29, 1.82) is 0 Å². The van der Waals surface area contributed by atoms with Crippen LogP contribution in [0.15, 0.2) is 54.7 Å². The fourth-order valence-corrected chi connectivity index (χ4v) is 5.22. The number of nitrogens with zero attached hydrogens (tertiary/aromatic N) is 4. The Labute approximate surface area is 203 Å². The van der Waals surface area contributed by atoms with Crippen molar-refractivity contribution in [1.82, 2.24) is 19.9 Å². The van der Waals surface area contributed by atoms with E-state index in [9.17, 15) is 14.4 Å². The van der Waals surface area contributed by atoms with Crippen LogP contribution >= 0.6 is 0 Å². The Morgan fingerprint density at radius 2 is 1.86 bits per heavy atom. The van der Waals surface area contributed by atoms with Crippen LogP contribution in [0, 0.1) is 0 Å². The minimum atomic E-state index is -0.326. The summed E-state index contributed by atoms with van der Waals surface area (Å²) in [5, 5.41) is 3.44. The van der Waals surface area contributed by atoms with Gasteiger partial charge in [0.1, 0.15) is 11.9 Å². The van der Waals surface area contributed by atoms with E-state index in [0.29, 0.717) is 17.7 Å². The summed E-state index contributed by atoms with van der Waals surface area (Å²) in [7, 11) is 0. The van der Waals surface area contributed by atoms with E-state index in [1.54, 1.807) is 12.3 Å². The van der Waals surface area contributed by atoms with Crippen LogP contribution in [0.2, 0.25) is 0 Å². The third-order valence-electron chi connectivity index (χ3n) is 6.97. The lowest BCUT2D eigenvalue weighted by Crippen LogP contribution is -2.51. The fraction of sp³-hybridized carbons (Fsp3) is 0.333. The predicted molar refractivity (Wildman–Crippen MR) is 128 cm³/mol. The van der Waals surface area contributed by atoms with Crippen LogP contribution in [0.1, 0.15) is 47.2 Å². The number of ether oxygens (including phenoxy) is 1. The molecule has 1 atom stereocenters. The second-order valence-corrected chi connectivity index (χ2v) is 9.43. The van der Waals surface area contributed by atoms with Gasteiger partial charge in [-0.1, -0.05) is 18.2 Å². The van der Waals surface area contributed by atoms with E-state index in [1.807, 2.05) is 18.2 Å². The zero-order valence-electron chi connectivity index (χ0n) is 19.4. The van der Waals surface area contributed by atoms with E-state index in [4.69, 9.17) is 4.74 Å². The Balaban J connectivity index is 1.10. The van der Waals surface area contributed by atoms with Gasteiger partial charge in [0.15, 0.2) is 0 Å². The lowest BCUT2D eigenvalue weighted by molar-refractivity contribution is -0.163. The van der Waals surface area contributed by atoms with Gasteiger partial charge in [0, 0.05) is 44.1 Å². The molecule has 1 aromatic heterocycles. The number of pyridine rings is 1. The van der Waals surface area contributed by atoms with Crippen LogP contribution in [0.3, 0.4) is 0 Å². The van der Waals surface area contributed by atoms with E-state index in [2.05, 4.69) is 34.1 Å². The quantitative estimate of drug-likeness (QED) is 0.532. The number of hydrogen-bond acceptors (Lipinski definition) is 6. The zero-order chi connectivity index (χ0) is 23.9. The van der Waals surface area contributed by atoms with Crippen molar-refractivity contribution in [2.45, 2.75) is 44.9 Å².